The maximum Gasteiger partial charge on any atom is 0.129 e. The van der Waals surface area contributed by atoms with Gasteiger partial charge >= 0.3 is 0 Å². The van der Waals surface area contributed by atoms with Crippen molar-refractivity contribution in [2.45, 2.75) is 30.1 Å². The van der Waals surface area contributed by atoms with Gasteiger partial charge in [0.2, 0.25) is 0 Å². The molecule has 1 saturated carbocycles. The van der Waals surface area contributed by atoms with Crippen LogP contribution in [0.4, 0.5) is 0 Å². The summed E-state index contributed by atoms with van der Waals surface area (Å²) >= 11 is 0. The molecule has 4 nitrogen and oxygen atoms in total. The molecule has 0 spiro atoms. The van der Waals surface area contributed by atoms with Crippen LogP contribution >= 0.6 is 10.6 Å². The molecule has 1 atom stereocenters. The molecule has 1 aliphatic carbocycles. The van der Waals surface area contributed by atoms with Crippen LogP contribution in [0.2, 0.25) is 0 Å². The number of benzene rings is 2. The second-order valence-corrected chi connectivity index (χ2v) is 8.72. The Morgan fingerprint density at radius 3 is 2.38 bits per heavy atom. The average molecular weight is 341 g/mol. The van der Waals surface area contributed by atoms with E-state index < -0.39 is 10.6 Å². The molecule has 0 saturated heterocycles. The van der Waals surface area contributed by atoms with E-state index in [0.29, 0.717) is 39.5 Å². The third kappa shape index (κ3) is 2.89. The number of ether oxygens (including phenoxy) is 1. The van der Waals surface area contributed by atoms with Gasteiger partial charge in [0.15, 0.2) is 0 Å². The predicted octanol–water partition coefficient (Wildman–Crippen LogP) is 5.36. The van der Waals surface area contributed by atoms with Crippen LogP contribution in [-0.2, 0) is 0 Å². The normalized spacial score (nSPS) is 23.0. The third-order valence-corrected chi connectivity index (χ3v) is 6.72. The fraction of sp³-hybridized carbons (Fsp3) is 0.316. The van der Waals surface area contributed by atoms with E-state index in [2.05, 4.69) is 6.07 Å². The van der Waals surface area contributed by atoms with Crippen molar-refractivity contribution in [2.75, 3.05) is 5.75 Å². The largest absolute Gasteiger partial charge is 0.457 e. The Bertz CT molecular complexity index is 806. The highest BCUT2D eigenvalue weighted by Crippen LogP contribution is 2.61. The Kier molecular flexibility index (Phi) is 3.76. The van der Waals surface area contributed by atoms with Gasteiger partial charge in [-0.1, -0.05) is 6.07 Å². The van der Waals surface area contributed by atoms with Crippen molar-refractivity contribution < 1.29 is 13.8 Å². The zero-order valence-electron chi connectivity index (χ0n) is 13.2. The minimum atomic E-state index is -2.73. The summed E-state index contributed by atoms with van der Waals surface area (Å²) in [6.45, 7) is 0. The average Bonchev–Trinajstić information content (AvgIpc) is 3.41. The van der Waals surface area contributed by atoms with Crippen molar-refractivity contribution in [3.8, 4) is 17.6 Å². The van der Waals surface area contributed by atoms with Gasteiger partial charge in [-0.25, -0.2) is 0 Å². The molecule has 2 aliphatic rings. The lowest BCUT2D eigenvalue weighted by Gasteiger charge is -2.41. The zero-order chi connectivity index (χ0) is 16.7. The van der Waals surface area contributed by atoms with E-state index in [0.717, 1.165) is 12.0 Å². The van der Waals surface area contributed by atoms with E-state index in [1.165, 1.54) is 12.8 Å². The molecule has 2 aromatic carbocycles. The first-order valence-electron chi connectivity index (χ1n) is 8.15. The number of rotatable bonds is 3. The van der Waals surface area contributed by atoms with E-state index in [-0.39, 0.29) is 0 Å². The molecule has 1 aliphatic heterocycles. The van der Waals surface area contributed by atoms with Crippen LogP contribution in [0.25, 0.3) is 0 Å². The van der Waals surface area contributed by atoms with Crippen LogP contribution < -0.4 is 4.74 Å². The Morgan fingerprint density at radius 2 is 1.71 bits per heavy atom. The summed E-state index contributed by atoms with van der Waals surface area (Å²) in [7, 11) is -2.73. The highest BCUT2D eigenvalue weighted by molar-refractivity contribution is 8.24. The molecular formula is C19H19NO3S. The highest BCUT2D eigenvalue weighted by Gasteiger charge is 2.39. The SMILES string of the molecule is N#Cc1ccc(Oc2ccc3c(c2)S(O)(O)CCC3C2CC2)cc1. The first-order chi connectivity index (χ1) is 11.6. The first kappa shape index (κ1) is 15.5. The molecule has 1 unspecified atom stereocenters. The van der Waals surface area contributed by atoms with Crippen molar-refractivity contribution in [2.24, 2.45) is 5.92 Å². The minimum absolute atomic E-state index is 0.446. The molecule has 0 amide bonds. The smallest absolute Gasteiger partial charge is 0.129 e. The van der Waals surface area contributed by atoms with Crippen molar-refractivity contribution in [1.29, 1.82) is 5.26 Å². The molecule has 24 heavy (non-hydrogen) atoms. The number of fused-ring (bicyclic) bond motifs is 1. The van der Waals surface area contributed by atoms with Gasteiger partial charge in [-0.3, -0.25) is 9.11 Å². The van der Waals surface area contributed by atoms with Crippen LogP contribution in [0.3, 0.4) is 0 Å². The van der Waals surface area contributed by atoms with Gasteiger partial charge in [0.25, 0.3) is 0 Å². The summed E-state index contributed by atoms with van der Waals surface area (Å²) in [6.07, 6.45) is 3.34. The predicted molar refractivity (Wildman–Crippen MR) is 93.7 cm³/mol. The van der Waals surface area contributed by atoms with Gasteiger partial charge in [0.1, 0.15) is 11.5 Å². The molecule has 4 rings (SSSR count). The van der Waals surface area contributed by atoms with E-state index in [4.69, 9.17) is 10.00 Å². The lowest BCUT2D eigenvalue weighted by Crippen LogP contribution is -2.18. The molecular weight excluding hydrogens is 322 g/mol. The molecule has 0 aromatic heterocycles. The summed E-state index contributed by atoms with van der Waals surface area (Å²) in [5.74, 6) is 2.81. The summed E-state index contributed by atoms with van der Waals surface area (Å²) in [5, 5.41) is 8.84. The van der Waals surface area contributed by atoms with E-state index >= 15 is 0 Å². The lowest BCUT2D eigenvalue weighted by atomic mass is 9.91. The van der Waals surface area contributed by atoms with Crippen molar-refractivity contribution in [3.63, 3.8) is 0 Å². The van der Waals surface area contributed by atoms with Crippen molar-refractivity contribution >= 4 is 10.6 Å². The maximum atomic E-state index is 10.5. The van der Waals surface area contributed by atoms with Crippen LogP contribution in [0.5, 0.6) is 11.5 Å². The van der Waals surface area contributed by atoms with Crippen LogP contribution in [0.15, 0.2) is 47.4 Å². The molecule has 0 radical (unpaired) electrons. The van der Waals surface area contributed by atoms with Crippen molar-refractivity contribution in [3.05, 3.63) is 53.6 Å². The Balaban J connectivity index is 1.64. The summed E-state index contributed by atoms with van der Waals surface area (Å²) in [5.41, 5.74) is 1.66. The Hall–Kier alpha value is -2.00. The van der Waals surface area contributed by atoms with Gasteiger partial charge in [0.05, 0.1) is 16.5 Å². The molecule has 0 bridgehead atoms. The zero-order valence-corrected chi connectivity index (χ0v) is 14.0. The summed E-state index contributed by atoms with van der Waals surface area (Å²) < 4.78 is 26.7. The second-order valence-electron chi connectivity index (χ2n) is 6.54. The molecule has 1 fully saturated rings. The molecule has 2 aromatic rings. The van der Waals surface area contributed by atoms with Crippen LogP contribution in [-0.4, -0.2) is 14.9 Å². The molecule has 124 valence electrons. The van der Waals surface area contributed by atoms with Gasteiger partial charge in [-0.05, 0) is 67.0 Å². The van der Waals surface area contributed by atoms with Gasteiger partial charge in [0, 0.05) is 11.8 Å². The number of hydrogen-bond acceptors (Lipinski definition) is 4. The third-order valence-electron chi connectivity index (χ3n) is 4.86. The second kappa shape index (κ2) is 5.82. The highest BCUT2D eigenvalue weighted by atomic mass is 32.3. The van der Waals surface area contributed by atoms with E-state index in [9.17, 15) is 9.11 Å². The summed E-state index contributed by atoms with van der Waals surface area (Å²) in [6, 6.07) is 14.6. The first-order valence-corrected chi connectivity index (χ1v) is 9.86. The number of hydrogen-bond donors (Lipinski definition) is 2. The Labute approximate surface area is 143 Å². The Morgan fingerprint density at radius 1 is 1.00 bits per heavy atom. The standard InChI is InChI=1S/C19H19NO3S/c20-12-13-1-5-15(6-2-13)23-16-7-8-18-17(14-3-4-14)9-10-24(21,22)19(18)11-16/h1-2,5-8,11,14,17,21-22H,3-4,9-10H2. The fourth-order valence-corrected chi connectivity index (χ4v) is 5.15. The molecule has 5 heteroatoms. The van der Waals surface area contributed by atoms with Crippen LogP contribution in [0, 0.1) is 17.2 Å². The van der Waals surface area contributed by atoms with Gasteiger partial charge < -0.3 is 4.74 Å². The topological polar surface area (TPSA) is 73.5 Å². The maximum absolute atomic E-state index is 10.5. The van der Waals surface area contributed by atoms with Crippen molar-refractivity contribution in [1.82, 2.24) is 0 Å². The van der Waals surface area contributed by atoms with E-state index in [1.807, 2.05) is 12.1 Å². The number of nitrogens with zero attached hydrogens (tertiary/aromatic N) is 1. The lowest BCUT2D eigenvalue weighted by molar-refractivity contribution is 0.450. The molecule has 1 heterocycles. The monoisotopic (exact) mass is 341 g/mol. The van der Waals surface area contributed by atoms with Gasteiger partial charge in [-0.2, -0.15) is 15.9 Å². The van der Waals surface area contributed by atoms with E-state index in [1.54, 1.807) is 30.3 Å². The fourth-order valence-electron chi connectivity index (χ4n) is 3.45. The van der Waals surface area contributed by atoms with Gasteiger partial charge in [-0.15, -0.1) is 0 Å². The quantitative estimate of drug-likeness (QED) is 0.788. The minimum Gasteiger partial charge on any atom is -0.457 e. The molecule has 2 N–H and O–H groups in total. The van der Waals surface area contributed by atoms with Crippen LogP contribution in [0.1, 0.15) is 36.3 Å². The summed E-state index contributed by atoms with van der Waals surface area (Å²) in [4.78, 5) is 0.650. The number of nitriles is 1.